The molecule has 0 aromatic rings. The van der Waals surface area contributed by atoms with Crippen LogP contribution in [0.3, 0.4) is 0 Å². The lowest BCUT2D eigenvalue weighted by atomic mass is 10.1. The highest BCUT2D eigenvalue weighted by Gasteiger charge is 2.10. The molecule has 1 heterocycles. The van der Waals surface area contributed by atoms with E-state index >= 15 is 0 Å². The second kappa shape index (κ2) is 2.29. The standard InChI is InChI=1S/C6H10O2/c1-5-2-3-6(7)8-4-5/h6-7H,1-4H2. The Balaban J connectivity index is 2.29. The molecule has 0 aromatic heterocycles. The summed E-state index contributed by atoms with van der Waals surface area (Å²) in [5.74, 6) is 0. The van der Waals surface area contributed by atoms with Gasteiger partial charge < -0.3 is 9.84 Å². The average molecular weight is 114 g/mol. The Hall–Kier alpha value is -0.340. The summed E-state index contributed by atoms with van der Waals surface area (Å²) in [4.78, 5) is 0. The van der Waals surface area contributed by atoms with Crippen LogP contribution in [-0.2, 0) is 4.74 Å². The fourth-order valence-corrected chi connectivity index (χ4v) is 0.697. The topological polar surface area (TPSA) is 29.5 Å². The van der Waals surface area contributed by atoms with Crippen LogP contribution in [-0.4, -0.2) is 18.0 Å². The molecule has 46 valence electrons. The summed E-state index contributed by atoms with van der Waals surface area (Å²) in [7, 11) is 0. The van der Waals surface area contributed by atoms with E-state index in [0.29, 0.717) is 13.0 Å². The summed E-state index contributed by atoms with van der Waals surface area (Å²) in [5.41, 5.74) is 1.08. The first-order valence-corrected chi connectivity index (χ1v) is 2.75. The lowest BCUT2D eigenvalue weighted by molar-refractivity contribution is -0.108. The molecule has 0 saturated carbocycles. The number of rotatable bonds is 0. The van der Waals surface area contributed by atoms with Gasteiger partial charge >= 0.3 is 0 Å². The third kappa shape index (κ3) is 1.32. The molecular weight excluding hydrogens is 104 g/mol. The van der Waals surface area contributed by atoms with E-state index in [-0.39, 0.29) is 0 Å². The van der Waals surface area contributed by atoms with Gasteiger partial charge in [-0.2, -0.15) is 0 Å². The van der Waals surface area contributed by atoms with Crippen molar-refractivity contribution in [3.8, 4) is 0 Å². The Morgan fingerprint density at radius 1 is 1.75 bits per heavy atom. The van der Waals surface area contributed by atoms with E-state index in [1.54, 1.807) is 0 Å². The van der Waals surface area contributed by atoms with Crippen molar-refractivity contribution in [2.75, 3.05) is 6.61 Å². The third-order valence-electron chi connectivity index (χ3n) is 1.22. The Labute approximate surface area is 48.8 Å². The van der Waals surface area contributed by atoms with E-state index in [4.69, 9.17) is 9.84 Å². The molecule has 2 nitrogen and oxygen atoms in total. The molecule has 1 atom stereocenters. The first-order valence-electron chi connectivity index (χ1n) is 2.75. The largest absolute Gasteiger partial charge is 0.368 e. The van der Waals surface area contributed by atoms with E-state index in [1.807, 2.05) is 0 Å². The first-order chi connectivity index (χ1) is 3.79. The zero-order valence-corrected chi connectivity index (χ0v) is 4.76. The van der Waals surface area contributed by atoms with Crippen LogP contribution in [0.5, 0.6) is 0 Å². The molecular formula is C6H10O2. The highest BCUT2D eigenvalue weighted by Crippen LogP contribution is 2.13. The van der Waals surface area contributed by atoms with Crippen molar-refractivity contribution in [2.24, 2.45) is 0 Å². The monoisotopic (exact) mass is 114 g/mol. The minimum Gasteiger partial charge on any atom is -0.368 e. The van der Waals surface area contributed by atoms with Crippen LogP contribution in [0.25, 0.3) is 0 Å². The lowest BCUT2D eigenvalue weighted by Gasteiger charge is -2.18. The average Bonchev–Trinajstić information content (AvgIpc) is 1.77. The van der Waals surface area contributed by atoms with Crippen LogP contribution in [0, 0.1) is 0 Å². The van der Waals surface area contributed by atoms with Crippen LogP contribution < -0.4 is 0 Å². The molecule has 0 aromatic carbocycles. The zero-order chi connectivity index (χ0) is 5.98. The molecule has 1 saturated heterocycles. The van der Waals surface area contributed by atoms with Gasteiger partial charge in [0.05, 0.1) is 6.61 Å². The Morgan fingerprint density at radius 2 is 2.50 bits per heavy atom. The number of aliphatic hydroxyl groups excluding tert-OH is 1. The van der Waals surface area contributed by atoms with Crippen molar-refractivity contribution in [3.05, 3.63) is 12.2 Å². The SMILES string of the molecule is C=C1CCC(O)OC1. The molecule has 0 bridgehead atoms. The fraction of sp³-hybridized carbons (Fsp3) is 0.667. The summed E-state index contributed by atoms with van der Waals surface area (Å²) in [6.45, 7) is 4.24. The van der Waals surface area contributed by atoms with Gasteiger partial charge in [-0.3, -0.25) is 0 Å². The van der Waals surface area contributed by atoms with Gasteiger partial charge in [-0.1, -0.05) is 12.2 Å². The predicted molar refractivity (Wildman–Crippen MR) is 30.3 cm³/mol. The molecule has 1 aliphatic rings. The number of ether oxygens (including phenoxy) is 1. The summed E-state index contributed by atoms with van der Waals surface area (Å²) >= 11 is 0. The number of aliphatic hydroxyl groups is 1. The summed E-state index contributed by atoms with van der Waals surface area (Å²) < 4.78 is 4.85. The van der Waals surface area contributed by atoms with Gasteiger partial charge in [-0.25, -0.2) is 0 Å². The van der Waals surface area contributed by atoms with Crippen LogP contribution in [0.4, 0.5) is 0 Å². The number of hydrogen-bond acceptors (Lipinski definition) is 2. The van der Waals surface area contributed by atoms with E-state index in [2.05, 4.69) is 6.58 Å². The summed E-state index contributed by atoms with van der Waals surface area (Å²) in [5, 5.41) is 8.76. The van der Waals surface area contributed by atoms with Crippen molar-refractivity contribution in [2.45, 2.75) is 19.1 Å². The molecule has 0 amide bonds. The van der Waals surface area contributed by atoms with Crippen molar-refractivity contribution in [3.63, 3.8) is 0 Å². The van der Waals surface area contributed by atoms with Crippen LogP contribution in [0.1, 0.15) is 12.8 Å². The Morgan fingerprint density at radius 3 is 2.88 bits per heavy atom. The van der Waals surface area contributed by atoms with Crippen LogP contribution >= 0.6 is 0 Å². The maximum absolute atomic E-state index is 8.76. The van der Waals surface area contributed by atoms with E-state index < -0.39 is 6.29 Å². The van der Waals surface area contributed by atoms with Crippen molar-refractivity contribution in [1.29, 1.82) is 0 Å². The van der Waals surface area contributed by atoms with E-state index in [9.17, 15) is 0 Å². The van der Waals surface area contributed by atoms with Gasteiger partial charge in [0.2, 0.25) is 0 Å². The van der Waals surface area contributed by atoms with E-state index in [0.717, 1.165) is 12.0 Å². The molecule has 1 rings (SSSR count). The van der Waals surface area contributed by atoms with Gasteiger partial charge in [0, 0.05) is 6.42 Å². The van der Waals surface area contributed by atoms with Crippen LogP contribution in [0.15, 0.2) is 12.2 Å². The molecule has 0 aliphatic carbocycles. The van der Waals surface area contributed by atoms with E-state index in [1.165, 1.54) is 0 Å². The van der Waals surface area contributed by atoms with Gasteiger partial charge in [0.15, 0.2) is 6.29 Å². The molecule has 1 N–H and O–H groups in total. The van der Waals surface area contributed by atoms with Gasteiger partial charge in [0.1, 0.15) is 0 Å². The zero-order valence-electron chi connectivity index (χ0n) is 4.76. The van der Waals surface area contributed by atoms with Gasteiger partial charge in [-0.05, 0) is 6.42 Å². The molecule has 2 heteroatoms. The van der Waals surface area contributed by atoms with Gasteiger partial charge in [-0.15, -0.1) is 0 Å². The normalized spacial score (nSPS) is 30.6. The fourth-order valence-electron chi connectivity index (χ4n) is 0.697. The molecule has 1 fully saturated rings. The molecule has 1 unspecified atom stereocenters. The van der Waals surface area contributed by atoms with Crippen molar-refractivity contribution < 1.29 is 9.84 Å². The molecule has 0 radical (unpaired) electrons. The third-order valence-corrected chi connectivity index (χ3v) is 1.22. The maximum Gasteiger partial charge on any atom is 0.155 e. The smallest absolute Gasteiger partial charge is 0.155 e. The minimum absolute atomic E-state index is 0.529. The molecule has 8 heavy (non-hydrogen) atoms. The Kier molecular flexibility index (Phi) is 1.65. The minimum atomic E-state index is -0.541. The van der Waals surface area contributed by atoms with Crippen molar-refractivity contribution >= 4 is 0 Å². The highest BCUT2D eigenvalue weighted by atomic mass is 16.6. The lowest BCUT2D eigenvalue weighted by Crippen LogP contribution is -2.19. The second-order valence-corrected chi connectivity index (χ2v) is 2.05. The quantitative estimate of drug-likeness (QED) is 0.469. The van der Waals surface area contributed by atoms with Crippen molar-refractivity contribution in [1.82, 2.24) is 0 Å². The summed E-state index contributed by atoms with van der Waals surface area (Å²) in [6.07, 6.45) is 1.07. The predicted octanol–water partition coefficient (Wildman–Crippen LogP) is 0.671. The highest BCUT2D eigenvalue weighted by molar-refractivity contribution is 4.96. The van der Waals surface area contributed by atoms with Crippen LogP contribution in [0.2, 0.25) is 0 Å². The molecule has 0 spiro atoms. The summed E-state index contributed by atoms with van der Waals surface area (Å²) in [6, 6.07) is 0. The number of hydrogen-bond donors (Lipinski definition) is 1. The Bertz CT molecular complexity index is 88.7. The second-order valence-electron chi connectivity index (χ2n) is 2.05. The molecule has 1 aliphatic heterocycles. The van der Waals surface area contributed by atoms with Gasteiger partial charge in [0.25, 0.3) is 0 Å². The maximum atomic E-state index is 8.76. The first kappa shape index (κ1) is 5.79.